The topological polar surface area (TPSA) is 71.8 Å². The molecule has 25 heavy (non-hydrogen) atoms. The fourth-order valence-corrected chi connectivity index (χ4v) is 4.69. The van der Waals surface area contributed by atoms with Gasteiger partial charge in [-0.05, 0) is 48.8 Å². The molecule has 0 radical (unpaired) electrons. The number of nitrogens with zero attached hydrogens (tertiary/aromatic N) is 3. The van der Waals surface area contributed by atoms with E-state index in [4.69, 9.17) is 0 Å². The second-order valence-electron chi connectivity index (χ2n) is 6.00. The first-order valence-electron chi connectivity index (χ1n) is 8.31. The maximum Gasteiger partial charge on any atom is 0.274 e. The first-order valence-corrected chi connectivity index (χ1v) is 10.1. The zero-order valence-corrected chi connectivity index (χ0v) is 15.2. The summed E-state index contributed by atoms with van der Waals surface area (Å²) in [7, 11) is 0. The molecule has 1 aliphatic heterocycles. The van der Waals surface area contributed by atoms with E-state index in [0.29, 0.717) is 11.7 Å². The van der Waals surface area contributed by atoms with Crippen LogP contribution in [-0.2, 0) is 0 Å². The van der Waals surface area contributed by atoms with Crippen molar-refractivity contribution in [1.29, 1.82) is 0 Å². The Labute approximate surface area is 153 Å². The average Bonchev–Trinajstić information content (AvgIpc) is 3.43. The highest BCUT2D eigenvalue weighted by Gasteiger charge is 2.23. The maximum absolute atomic E-state index is 12.7. The molecule has 1 aliphatic rings. The minimum atomic E-state index is -0.188. The Kier molecular flexibility index (Phi) is 4.91. The second kappa shape index (κ2) is 7.47. The van der Waals surface area contributed by atoms with Gasteiger partial charge in [0.25, 0.3) is 5.91 Å². The van der Waals surface area contributed by atoms with Gasteiger partial charge in [0.2, 0.25) is 0 Å². The van der Waals surface area contributed by atoms with Gasteiger partial charge in [-0.15, -0.1) is 27.8 Å². The monoisotopic (exact) mass is 373 g/mol. The lowest BCUT2D eigenvalue weighted by atomic mass is 10.1. The van der Waals surface area contributed by atoms with Crippen LogP contribution in [0, 0.1) is 0 Å². The summed E-state index contributed by atoms with van der Waals surface area (Å²) < 4.78 is 1.83. The molecule has 1 saturated heterocycles. The van der Waals surface area contributed by atoms with E-state index in [-0.39, 0.29) is 11.9 Å². The third kappa shape index (κ3) is 3.65. The van der Waals surface area contributed by atoms with Gasteiger partial charge in [0.15, 0.2) is 5.69 Å². The molecule has 4 rings (SSSR count). The molecular weight excluding hydrogens is 354 g/mol. The smallest absolute Gasteiger partial charge is 0.274 e. The van der Waals surface area contributed by atoms with Gasteiger partial charge in [-0.2, -0.15) is 0 Å². The molecule has 0 bridgehead atoms. The number of carbonyl (C=O) groups is 1. The molecule has 2 N–H and O–H groups in total. The van der Waals surface area contributed by atoms with E-state index >= 15 is 0 Å². The SMILES string of the molecule is O=C(NC(c1cccs1)c1cccs1)c1cn(C2CCNCC2)nn1. The number of nitrogens with one attached hydrogen (secondary N) is 2. The van der Waals surface area contributed by atoms with E-state index in [1.54, 1.807) is 28.9 Å². The fraction of sp³-hybridized carbons (Fsp3) is 0.353. The van der Waals surface area contributed by atoms with Gasteiger partial charge in [-0.3, -0.25) is 4.79 Å². The van der Waals surface area contributed by atoms with Crippen molar-refractivity contribution in [3.63, 3.8) is 0 Å². The van der Waals surface area contributed by atoms with Crippen LogP contribution in [0.15, 0.2) is 41.2 Å². The predicted octanol–water partition coefficient (Wildman–Crippen LogP) is 2.85. The summed E-state index contributed by atoms with van der Waals surface area (Å²) in [5.74, 6) is -0.188. The van der Waals surface area contributed by atoms with Gasteiger partial charge in [0.1, 0.15) is 0 Å². The molecule has 0 unspecified atom stereocenters. The molecule has 1 amide bonds. The minimum Gasteiger partial charge on any atom is -0.338 e. The minimum absolute atomic E-state index is 0.142. The number of aromatic nitrogens is 3. The molecule has 130 valence electrons. The van der Waals surface area contributed by atoms with Gasteiger partial charge >= 0.3 is 0 Å². The van der Waals surface area contributed by atoms with E-state index in [9.17, 15) is 4.79 Å². The number of thiophene rings is 2. The van der Waals surface area contributed by atoms with Gasteiger partial charge < -0.3 is 10.6 Å². The van der Waals surface area contributed by atoms with Gasteiger partial charge in [0.05, 0.1) is 18.3 Å². The third-order valence-corrected chi connectivity index (χ3v) is 6.23. The van der Waals surface area contributed by atoms with Crippen molar-refractivity contribution < 1.29 is 4.79 Å². The van der Waals surface area contributed by atoms with Gasteiger partial charge in [0, 0.05) is 9.75 Å². The van der Waals surface area contributed by atoms with Crippen LogP contribution in [0.25, 0.3) is 0 Å². The Morgan fingerprint density at radius 1 is 1.20 bits per heavy atom. The average molecular weight is 374 g/mol. The summed E-state index contributed by atoms with van der Waals surface area (Å²) in [6.45, 7) is 1.95. The molecule has 0 aliphatic carbocycles. The standard InChI is InChI=1S/C17H19N5OS2/c23-17(13-11-22(21-20-13)12-5-7-18-8-6-12)19-16(14-3-1-9-24-14)15-4-2-10-25-15/h1-4,9-12,16,18H,5-8H2,(H,19,23). The lowest BCUT2D eigenvalue weighted by Gasteiger charge is -2.22. The summed E-state index contributed by atoms with van der Waals surface area (Å²) in [6, 6.07) is 8.26. The number of hydrogen-bond acceptors (Lipinski definition) is 6. The summed E-state index contributed by atoms with van der Waals surface area (Å²) in [5, 5.41) is 18.8. The Morgan fingerprint density at radius 3 is 2.48 bits per heavy atom. The Bertz CT molecular complexity index is 772. The van der Waals surface area contributed by atoms with Crippen molar-refractivity contribution >= 4 is 28.6 Å². The zero-order valence-electron chi connectivity index (χ0n) is 13.6. The largest absolute Gasteiger partial charge is 0.338 e. The van der Waals surface area contributed by atoms with Crippen LogP contribution in [-0.4, -0.2) is 34.0 Å². The molecule has 3 aromatic rings. The van der Waals surface area contributed by atoms with Crippen molar-refractivity contribution in [2.24, 2.45) is 0 Å². The molecule has 6 nitrogen and oxygen atoms in total. The summed E-state index contributed by atoms with van der Waals surface area (Å²) >= 11 is 3.28. The normalized spacial score (nSPS) is 15.6. The quantitative estimate of drug-likeness (QED) is 0.721. The molecule has 1 fully saturated rings. The molecule has 0 atom stereocenters. The molecule has 0 spiro atoms. The van der Waals surface area contributed by atoms with Crippen LogP contribution in [0.2, 0.25) is 0 Å². The summed E-state index contributed by atoms with van der Waals surface area (Å²) in [6.07, 6.45) is 3.79. The lowest BCUT2D eigenvalue weighted by Crippen LogP contribution is -2.30. The molecule has 0 saturated carbocycles. The first kappa shape index (κ1) is 16.4. The highest BCUT2D eigenvalue weighted by molar-refractivity contribution is 7.11. The van der Waals surface area contributed by atoms with Crippen molar-refractivity contribution in [2.45, 2.75) is 24.9 Å². The van der Waals surface area contributed by atoms with Crippen LogP contribution in [0.4, 0.5) is 0 Å². The number of hydrogen-bond donors (Lipinski definition) is 2. The van der Waals surface area contributed by atoms with Crippen molar-refractivity contribution in [1.82, 2.24) is 25.6 Å². The third-order valence-electron chi connectivity index (χ3n) is 4.36. The van der Waals surface area contributed by atoms with E-state index in [1.165, 1.54) is 0 Å². The van der Waals surface area contributed by atoms with Crippen LogP contribution in [0.5, 0.6) is 0 Å². The summed E-state index contributed by atoms with van der Waals surface area (Å²) in [4.78, 5) is 14.9. The Morgan fingerprint density at radius 2 is 1.88 bits per heavy atom. The number of amides is 1. The second-order valence-corrected chi connectivity index (χ2v) is 7.96. The fourth-order valence-electron chi connectivity index (χ4n) is 3.03. The first-order chi connectivity index (χ1) is 12.3. The number of carbonyl (C=O) groups excluding carboxylic acids is 1. The van der Waals surface area contributed by atoms with Crippen molar-refractivity contribution in [3.05, 3.63) is 56.7 Å². The summed E-state index contributed by atoms with van der Waals surface area (Å²) in [5.41, 5.74) is 0.372. The van der Waals surface area contributed by atoms with E-state index < -0.39 is 0 Å². The molecular formula is C17H19N5OS2. The maximum atomic E-state index is 12.7. The molecule has 8 heteroatoms. The number of piperidine rings is 1. The van der Waals surface area contributed by atoms with Crippen molar-refractivity contribution in [2.75, 3.05) is 13.1 Å². The Balaban J connectivity index is 1.51. The Hall–Kier alpha value is -2.03. The van der Waals surface area contributed by atoms with Gasteiger partial charge in [-0.1, -0.05) is 17.3 Å². The predicted molar refractivity (Wildman–Crippen MR) is 99.1 cm³/mol. The highest BCUT2D eigenvalue weighted by Crippen LogP contribution is 2.29. The lowest BCUT2D eigenvalue weighted by molar-refractivity contribution is 0.0939. The molecule has 4 heterocycles. The van der Waals surface area contributed by atoms with E-state index in [0.717, 1.165) is 35.7 Å². The molecule has 3 aromatic heterocycles. The van der Waals surface area contributed by atoms with Crippen LogP contribution < -0.4 is 10.6 Å². The van der Waals surface area contributed by atoms with E-state index in [2.05, 4.69) is 20.9 Å². The van der Waals surface area contributed by atoms with Crippen LogP contribution >= 0.6 is 22.7 Å². The molecule has 0 aromatic carbocycles. The van der Waals surface area contributed by atoms with E-state index in [1.807, 2.05) is 39.7 Å². The number of rotatable bonds is 5. The van der Waals surface area contributed by atoms with Crippen molar-refractivity contribution in [3.8, 4) is 0 Å². The van der Waals surface area contributed by atoms with Crippen LogP contribution in [0.1, 0.15) is 45.2 Å². The zero-order chi connectivity index (χ0) is 17.1. The highest BCUT2D eigenvalue weighted by atomic mass is 32.1. The van der Waals surface area contributed by atoms with Crippen LogP contribution in [0.3, 0.4) is 0 Å². The van der Waals surface area contributed by atoms with Gasteiger partial charge in [-0.25, -0.2) is 4.68 Å².